The van der Waals surface area contributed by atoms with Crippen molar-refractivity contribution in [3.8, 4) is 0 Å². The number of hydrogen-bond acceptors (Lipinski definition) is 2. The van der Waals surface area contributed by atoms with Gasteiger partial charge in [0, 0.05) is 41.8 Å². The monoisotopic (exact) mass is 321 g/mol. The molecule has 0 N–H and O–H groups in total. The van der Waals surface area contributed by atoms with Crippen molar-refractivity contribution in [1.82, 2.24) is 4.90 Å². The van der Waals surface area contributed by atoms with Crippen LogP contribution in [-0.2, 0) is 15.6 Å². The van der Waals surface area contributed by atoms with E-state index >= 15 is 0 Å². The predicted octanol–water partition coefficient (Wildman–Crippen LogP) is 3.14. The molecule has 0 heterocycles. The quantitative estimate of drug-likeness (QED) is 0.807. The average molecular weight is 321 g/mol. The van der Waals surface area contributed by atoms with Crippen molar-refractivity contribution in [2.45, 2.75) is 45.1 Å². The summed E-state index contributed by atoms with van der Waals surface area (Å²) >= 11 is 0. The second kappa shape index (κ2) is 6.95. The van der Waals surface area contributed by atoms with Crippen molar-refractivity contribution < 1.29 is 9.00 Å². The molecule has 0 radical (unpaired) electrons. The van der Waals surface area contributed by atoms with E-state index in [1.165, 1.54) is 11.1 Å². The molecule has 3 nitrogen and oxygen atoms in total. The standard InChI is InChI=1S/C18H27NO2S/c1-12(2)14-6-8-15(9-7-14)16-10-17(16)18(20)19(4)13(3)11-22(5)21/h6-9,12-13,16-17H,10-11H2,1-5H3/t13-,16+,17+,22-/m1/s1. The number of carbonyl (C=O) groups excluding carboxylic acids is 1. The molecule has 0 saturated heterocycles. The number of nitrogens with zero attached hydrogens (tertiary/aromatic N) is 1. The lowest BCUT2D eigenvalue weighted by molar-refractivity contribution is -0.132. The van der Waals surface area contributed by atoms with Crippen LogP contribution in [0.1, 0.15) is 50.2 Å². The summed E-state index contributed by atoms with van der Waals surface area (Å²) in [5, 5.41) is 0. The SMILES string of the molecule is CC(C)c1ccc([C@@H]2C[C@@H]2C(=O)N(C)[C@H](C)C[S@@](C)=O)cc1. The summed E-state index contributed by atoms with van der Waals surface area (Å²) in [6.45, 7) is 6.34. The summed E-state index contributed by atoms with van der Waals surface area (Å²) in [4.78, 5) is 14.3. The van der Waals surface area contributed by atoms with Crippen LogP contribution in [0.25, 0.3) is 0 Å². The molecule has 0 unspecified atom stereocenters. The summed E-state index contributed by atoms with van der Waals surface area (Å²) in [7, 11) is 0.959. The third-order valence-corrected chi connectivity index (χ3v) is 5.58. The van der Waals surface area contributed by atoms with E-state index in [0.29, 0.717) is 17.6 Å². The molecule has 4 atom stereocenters. The highest BCUT2D eigenvalue weighted by Gasteiger charge is 2.45. The van der Waals surface area contributed by atoms with Crippen molar-refractivity contribution in [3.05, 3.63) is 35.4 Å². The van der Waals surface area contributed by atoms with Crippen LogP contribution in [0.4, 0.5) is 0 Å². The first kappa shape index (κ1) is 17.2. The van der Waals surface area contributed by atoms with Gasteiger partial charge in [-0.15, -0.1) is 0 Å². The van der Waals surface area contributed by atoms with E-state index in [4.69, 9.17) is 0 Å². The fraction of sp³-hybridized carbons (Fsp3) is 0.611. The maximum Gasteiger partial charge on any atom is 0.226 e. The Morgan fingerprint density at radius 3 is 2.36 bits per heavy atom. The Morgan fingerprint density at radius 2 is 1.86 bits per heavy atom. The Bertz CT molecular complexity index is 553. The molecule has 1 saturated carbocycles. The zero-order valence-electron chi connectivity index (χ0n) is 14.2. The highest BCUT2D eigenvalue weighted by molar-refractivity contribution is 7.84. The molecule has 1 aliphatic rings. The summed E-state index contributed by atoms with van der Waals surface area (Å²) in [5.41, 5.74) is 2.60. The lowest BCUT2D eigenvalue weighted by Crippen LogP contribution is -2.39. The summed E-state index contributed by atoms with van der Waals surface area (Å²) < 4.78 is 11.3. The van der Waals surface area contributed by atoms with Crippen LogP contribution in [0.3, 0.4) is 0 Å². The van der Waals surface area contributed by atoms with Gasteiger partial charge >= 0.3 is 0 Å². The van der Waals surface area contributed by atoms with E-state index in [0.717, 1.165) is 6.42 Å². The van der Waals surface area contributed by atoms with Gasteiger partial charge in [-0.05, 0) is 36.3 Å². The average Bonchev–Trinajstić information content (AvgIpc) is 3.25. The Morgan fingerprint density at radius 1 is 1.27 bits per heavy atom. The molecule has 0 spiro atoms. The summed E-state index contributed by atoms with van der Waals surface area (Å²) in [6.07, 6.45) is 2.62. The lowest BCUT2D eigenvalue weighted by Gasteiger charge is -2.24. The van der Waals surface area contributed by atoms with Crippen LogP contribution in [0.15, 0.2) is 24.3 Å². The van der Waals surface area contributed by atoms with Crippen molar-refractivity contribution in [1.29, 1.82) is 0 Å². The molecule has 1 aromatic carbocycles. The molecule has 1 aliphatic carbocycles. The van der Waals surface area contributed by atoms with E-state index < -0.39 is 10.8 Å². The van der Waals surface area contributed by atoms with Gasteiger partial charge in [-0.3, -0.25) is 9.00 Å². The fourth-order valence-electron chi connectivity index (χ4n) is 2.89. The van der Waals surface area contributed by atoms with Crippen LogP contribution in [0, 0.1) is 5.92 Å². The van der Waals surface area contributed by atoms with Crippen LogP contribution >= 0.6 is 0 Å². The van der Waals surface area contributed by atoms with Gasteiger partial charge in [-0.1, -0.05) is 38.1 Å². The smallest absolute Gasteiger partial charge is 0.226 e. The molecule has 4 heteroatoms. The molecule has 22 heavy (non-hydrogen) atoms. The lowest BCUT2D eigenvalue weighted by atomic mass is 10.00. The molecular formula is C18H27NO2S. The summed E-state index contributed by atoms with van der Waals surface area (Å²) in [5.74, 6) is 1.73. The van der Waals surface area contributed by atoms with E-state index in [2.05, 4.69) is 38.1 Å². The first-order chi connectivity index (χ1) is 10.3. The first-order valence-corrected chi connectivity index (χ1v) is 9.70. The normalized spacial score (nSPS) is 23.2. The van der Waals surface area contributed by atoms with Crippen molar-refractivity contribution in [3.63, 3.8) is 0 Å². The molecule has 1 aromatic rings. The van der Waals surface area contributed by atoms with Gasteiger partial charge in [0.25, 0.3) is 0 Å². The third kappa shape index (κ3) is 3.97. The highest BCUT2D eigenvalue weighted by Crippen LogP contribution is 2.48. The van der Waals surface area contributed by atoms with Gasteiger partial charge in [0.05, 0.1) is 0 Å². The highest BCUT2D eigenvalue weighted by atomic mass is 32.2. The van der Waals surface area contributed by atoms with Crippen LogP contribution in [-0.4, -0.2) is 40.1 Å². The largest absolute Gasteiger partial charge is 0.342 e. The second-order valence-electron chi connectivity index (χ2n) is 6.81. The predicted molar refractivity (Wildman–Crippen MR) is 92.5 cm³/mol. The third-order valence-electron chi connectivity index (χ3n) is 4.62. The Hall–Kier alpha value is -1.16. The van der Waals surface area contributed by atoms with E-state index in [1.54, 1.807) is 11.2 Å². The van der Waals surface area contributed by atoms with Crippen LogP contribution < -0.4 is 0 Å². The van der Waals surface area contributed by atoms with Crippen molar-refractivity contribution in [2.75, 3.05) is 19.1 Å². The van der Waals surface area contributed by atoms with Gasteiger partial charge < -0.3 is 4.90 Å². The molecule has 0 aromatic heterocycles. The Kier molecular flexibility index (Phi) is 5.43. The van der Waals surface area contributed by atoms with E-state index in [1.807, 2.05) is 14.0 Å². The molecule has 0 bridgehead atoms. The minimum Gasteiger partial charge on any atom is -0.342 e. The summed E-state index contributed by atoms with van der Waals surface area (Å²) in [6, 6.07) is 8.71. The Labute approximate surface area is 136 Å². The molecule has 0 aliphatic heterocycles. The molecule has 1 amide bonds. The topological polar surface area (TPSA) is 37.4 Å². The maximum absolute atomic E-state index is 12.5. The minimum absolute atomic E-state index is 0.0305. The Balaban J connectivity index is 1.96. The van der Waals surface area contributed by atoms with Gasteiger partial charge in [0.2, 0.25) is 5.91 Å². The molecule has 122 valence electrons. The maximum atomic E-state index is 12.5. The number of hydrogen-bond donors (Lipinski definition) is 0. The van der Waals surface area contributed by atoms with Crippen LogP contribution in [0.2, 0.25) is 0 Å². The zero-order valence-corrected chi connectivity index (χ0v) is 15.0. The van der Waals surface area contributed by atoms with Gasteiger partial charge in [-0.25, -0.2) is 0 Å². The molecular weight excluding hydrogens is 294 g/mol. The molecule has 1 fully saturated rings. The van der Waals surface area contributed by atoms with Crippen LogP contribution in [0.5, 0.6) is 0 Å². The number of carbonyl (C=O) groups is 1. The minimum atomic E-state index is -0.871. The van der Waals surface area contributed by atoms with Gasteiger partial charge in [0.1, 0.15) is 0 Å². The fourth-order valence-corrected chi connectivity index (χ4v) is 3.80. The number of amides is 1. The zero-order chi connectivity index (χ0) is 16.4. The first-order valence-electron chi connectivity index (χ1n) is 7.97. The second-order valence-corrected chi connectivity index (χ2v) is 8.29. The van der Waals surface area contributed by atoms with E-state index in [-0.39, 0.29) is 17.9 Å². The van der Waals surface area contributed by atoms with E-state index in [9.17, 15) is 9.00 Å². The number of benzene rings is 1. The van der Waals surface area contributed by atoms with Crippen molar-refractivity contribution >= 4 is 16.7 Å². The van der Waals surface area contributed by atoms with Gasteiger partial charge in [-0.2, -0.15) is 0 Å². The van der Waals surface area contributed by atoms with Crippen molar-refractivity contribution in [2.24, 2.45) is 5.92 Å². The van der Waals surface area contributed by atoms with Gasteiger partial charge in [0.15, 0.2) is 0 Å². The molecule has 2 rings (SSSR count). The number of rotatable bonds is 6.